The van der Waals surface area contributed by atoms with Crippen molar-refractivity contribution in [3.63, 3.8) is 0 Å². The van der Waals surface area contributed by atoms with Crippen LogP contribution in [0.25, 0.3) is 0 Å². The minimum Gasteiger partial charge on any atom is -0.396 e. The molecule has 1 unspecified atom stereocenters. The molecular weight excluding hydrogens is 218 g/mol. The predicted molar refractivity (Wildman–Crippen MR) is 65.8 cm³/mol. The van der Waals surface area contributed by atoms with Crippen molar-refractivity contribution in [1.82, 2.24) is 4.90 Å². The van der Waals surface area contributed by atoms with Gasteiger partial charge in [-0.3, -0.25) is 0 Å². The monoisotopic (exact) mass is 243 g/mol. The van der Waals surface area contributed by atoms with E-state index in [1.165, 1.54) is 0 Å². The molecular formula is C13H25NO3. The Hall–Kier alpha value is -0.160. The van der Waals surface area contributed by atoms with Crippen molar-refractivity contribution in [2.45, 2.75) is 44.4 Å². The minimum atomic E-state index is -0.250. The van der Waals surface area contributed by atoms with E-state index in [1.807, 2.05) is 0 Å². The maximum Gasteiger partial charge on any atom is 0.168 e. The summed E-state index contributed by atoms with van der Waals surface area (Å²) in [5.74, 6) is 0.106. The molecule has 1 aliphatic heterocycles. The molecule has 0 aromatic carbocycles. The van der Waals surface area contributed by atoms with E-state index >= 15 is 0 Å². The van der Waals surface area contributed by atoms with E-state index in [0.717, 1.165) is 45.4 Å². The van der Waals surface area contributed by atoms with Gasteiger partial charge in [0.2, 0.25) is 0 Å². The average Bonchev–Trinajstić information content (AvgIpc) is 2.78. The molecule has 1 atom stereocenters. The summed E-state index contributed by atoms with van der Waals surface area (Å²) in [6.45, 7) is 4.83. The lowest BCUT2D eigenvalue weighted by atomic mass is 9.89. The summed E-state index contributed by atoms with van der Waals surface area (Å²) in [5.41, 5.74) is 0. The van der Waals surface area contributed by atoms with E-state index in [9.17, 15) is 0 Å². The first-order valence-corrected chi connectivity index (χ1v) is 6.74. The van der Waals surface area contributed by atoms with E-state index in [1.54, 1.807) is 0 Å². The van der Waals surface area contributed by atoms with E-state index in [-0.39, 0.29) is 12.4 Å². The summed E-state index contributed by atoms with van der Waals surface area (Å²) < 4.78 is 11.5. The highest BCUT2D eigenvalue weighted by molar-refractivity contribution is 4.86. The Morgan fingerprint density at radius 3 is 2.41 bits per heavy atom. The highest BCUT2D eigenvalue weighted by atomic mass is 16.7. The van der Waals surface area contributed by atoms with Gasteiger partial charge in [-0.05, 0) is 25.8 Å². The lowest BCUT2D eigenvalue weighted by Crippen LogP contribution is -2.44. The summed E-state index contributed by atoms with van der Waals surface area (Å²) in [5, 5.41) is 9.08. The lowest BCUT2D eigenvalue weighted by Gasteiger charge is -2.39. The zero-order valence-electron chi connectivity index (χ0n) is 11.0. The van der Waals surface area contributed by atoms with Crippen molar-refractivity contribution in [2.75, 3.05) is 33.4 Å². The molecule has 0 radical (unpaired) electrons. The second-order valence-corrected chi connectivity index (χ2v) is 5.57. The van der Waals surface area contributed by atoms with E-state index < -0.39 is 0 Å². The van der Waals surface area contributed by atoms with E-state index in [4.69, 9.17) is 14.6 Å². The van der Waals surface area contributed by atoms with Crippen LogP contribution in [0.3, 0.4) is 0 Å². The number of aliphatic hydroxyl groups excluding tert-OH is 1. The summed E-state index contributed by atoms with van der Waals surface area (Å²) in [4.78, 5) is 2.38. The first-order chi connectivity index (χ1) is 8.15. The Morgan fingerprint density at radius 2 is 1.88 bits per heavy atom. The van der Waals surface area contributed by atoms with Gasteiger partial charge >= 0.3 is 0 Å². The van der Waals surface area contributed by atoms with Gasteiger partial charge in [-0.2, -0.15) is 0 Å². The average molecular weight is 243 g/mol. The Balaban J connectivity index is 1.78. The number of rotatable bonds is 4. The summed E-state index contributed by atoms with van der Waals surface area (Å²) in [7, 11) is 2.16. The van der Waals surface area contributed by atoms with Crippen LogP contribution in [0.15, 0.2) is 0 Å². The van der Waals surface area contributed by atoms with Gasteiger partial charge in [0.05, 0.1) is 13.2 Å². The molecule has 0 amide bonds. The molecule has 2 aliphatic rings. The van der Waals surface area contributed by atoms with Crippen LogP contribution in [0.5, 0.6) is 0 Å². The molecule has 4 heteroatoms. The Morgan fingerprint density at radius 1 is 1.29 bits per heavy atom. The third kappa shape index (κ3) is 3.19. The topological polar surface area (TPSA) is 41.9 Å². The van der Waals surface area contributed by atoms with Crippen molar-refractivity contribution >= 4 is 0 Å². The summed E-state index contributed by atoms with van der Waals surface area (Å²) >= 11 is 0. The highest BCUT2D eigenvalue weighted by Gasteiger charge is 2.41. The van der Waals surface area contributed by atoms with Crippen LogP contribution in [-0.4, -0.2) is 55.2 Å². The predicted octanol–water partition coefficient (Wildman–Crippen LogP) is 1.23. The van der Waals surface area contributed by atoms with Crippen molar-refractivity contribution in [1.29, 1.82) is 0 Å². The summed E-state index contributed by atoms with van der Waals surface area (Å²) in [6, 6.07) is 0.613. The zero-order chi connectivity index (χ0) is 12.3. The maximum atomic E-state index is 9.08. The van der Waals surface area contributed by atoms with Crippen molar-refractivity contribution in [3.8, 4) is 0 Å². The number of ether oxygens (including phenoxy) is 2. The smallest absolute Gasteiger partial charge is 0.168 e. The largest absolute Gasteiger partial charge is 0.396 e. The van der Waals surface area contributed by atoms with Crippen molar-refractivity contribution in [2.24, 2.45) is 5.92 Å². The second kappa shape index (κ2) is 5.65. The van der Waals surface area contributed by atoms with Crippen LogP contribution in [0.2, 0.25) is 0 Å². The number of nitrogens with zero attached hydrogens (tertiary/aromatic N) is 1. The molecule has 2 fully saturated rings. The normalized spacial score (nSPS) is 26.8. The molecule has 100 valence electrons. The fourth-order valence-electron chi connectivity index (χ4n) is 2.97. The summed E-state index contributed by atoms with van der Waals surface area (Å²) in [6.07, 6.45) is 4.29. The molecule has 2 rings (SSSR count). The van der Waals surface area contributed by atoms with Crippen LogP contribution in [0, 0.1) is 5.92 Å². The molecule has 1 heterocycles. The molecule has 17 heavy (non-hydrogen) atoms. The van der Waals surface area contributed by atoms with Gasteiger partial charge in [-0.15, -0.1) is 0 Å². The molecule has 1 N–H and O–H groups in total. The highest BCUT2D eigenvalue weighted by Crippen LogP contribution is 2.37. The molecule has 0 aromatic heterocycles. The third-order valence-electron chi connectivity index (χ3n) is 4.07. The SMILES string of the molecule is CC(CO)CN(C)C1CCC2(CC1)OCCO2. The molecule has 1 aliphatic carbocycles. The van der Waals surface area contributed by atoms with Gasteiger partial charge in [-0.1, -0.05) is 6.92 Å². The van der Waals surface area contributed by atoms with Gasteiger partial charge < -0.3 is 19.5 Å². The van der Waals surface area contributed by atoms with Gasteiger partial charge in [0.25, 0.3) is 0 Å². The number of hydrogen-bond acceptors (Lipinski definition) is 4. The van der Waals surface area contributed by atoms with Gasteiger partial charge in [0, 0.05) is 32.0 Å². The van der Waals surface area contributed by atoms with Crippen LogP contribution in [0.1, 0.15) is 32.6 Å². The van der Waals surface area contributed by atoms with Crippen LogP contribution in [0.4, 0.5) is 0 Å². The fourth-order valence-corrected chi connectivity index (χ4v) is 2.97. The first-order valence-electron chi connectivity index (χ1n) is 6.74. The number of hydrogen-bond donors (Lipinski definition) is 1. The van der Waals surface area contributed by atoms with Crippen LogP contribution in [-0.2, 0) is 9.47 Å². The van der Waals surface area contributed by atoms with Crippen LogP contribution >= 0.6 is 0 Å². The molecule has 1 saturated heterocycles. The molecule has 0 bridgehead atoms. The quantitative estimate of drug-likeness (QED) is 0.806. The second-order valence-electron chi connectivity index (χ2n) is 5.57. The zero-order valence-corrected chi connectivity index (χ0v) is 11.0. The third-order valence-corrected chi connectivity index (χ3v) is 4.07. The van der Waals surface area contributed by atoms with E-state index in [2.05, 4.69) is 18.9 Å². The van der Waals surface area contributed by atoms with Gasteiger partial charge in [-0.25, -0.2) is 0 Å². The Bertz CT molecular complexity index is 231. The molecule has 0 aromatic rings. The molecule has 1 spiro atoms. The Labute approximate surface area is 104 Å². The van der Waals surface area contributed by atoms with Gasteiger partial charge in [0.15, 0.2) is 5.79 Å². The number of aliphatic hydroxyl groups is 1. The minimum absolute atomic E-state index is 0.250. The van der Waals surface area contributed by atoms with Gasteiger partial charge in [0.1, 0.15) is 0 Å². The molecule has 4 nitrogen and oxygen atoms in total. The fraction of sp³-hybridized carbons (Fsp3) is 1.00. The lowest BCUT2D eigenvalue weighted by molar-refractivity contribution is -0.183. The van der Waals surface area contributed by atoms with Crippen LogP contribution < -0.4 is 0 Å². The van der Waals surface area contributed by atoms with Crippen molar-refractivity contribution < 1.29 is 14.6 Å². The van der Waals surface area contributed by atoms with E-state index in [0.29, 0.717) is 12.0 Å². The Kier molecular flexibility index (Phi) is 4.42. The standard InChI is InChI=1S/C13H25NO3/c1-11(10-15)9-14(2)12-3-5-13(6-4-12)16-7-8-17-13/h11-12,15H,3-10H2,1-2H3. The maximum absolute atomic E-state index is 9.08. The first kappa shape index (κ1) is 13.3. The van der Waals surface area contributed by atoms with Crippen molar-refractivity contribution in [3.05, 3.63) is 0 Å². The molecule has 1 saturated carbocycles.